The summed E-state index contributed by atoms with van der Waals surface area (Å²) in [6.07, 6.45) is 0.292. The van der Waals surface area contributed by atoms with E-state index in [4.69, 9.17) is 10.2 Å². The molecule has 0 saturated carbocycles. The second-order valence-electron chi connectivity index (χ2n) is 1.01. The molecule has 0 aliphatic rings. The van der Waals surface area contributed by atoms with Crippen LogP contribution < -0.4 is 0 Å². The second-order valence-corrected chi connectivity index (χ2v) is 1.41. The van der Waals surface area contributed by atoms with Gasteiger partial charge in [-0.2, -0.15) is 0 Å². The smallest absolute Gasteiger partial charge is 0.362 e. The SMILES string of the molecule is O=C(O[SiH3])C(O)=CO. The van der Waals surface area contributed by atoms with Gasteiger partial charge in [0.1, 0.15) is 6.26 Å². The number of rotatable bonds is 1. The van der Waals surface area contributed by atoms with Crippen LogP contribution in [0.1, 0.15) is 0 Å². The van der Waals surface area contributed by atoms with E-state index >= 15 is 0 Å². The van der Waals surface area contributed by atoms with E-state index in [9.17, 15) is 4.79 Å². The van der Waals surface area contributed by atoms with Crippen LogP contribution in [0.3, 0.4) is 0 Å². The van der Waals surface area contributed by atoms with Gasteiger partial charge in [0.2, 0.25) is 16.2 Å². The maximum absolute atomic E-state index is 10.1. The van der Waals surface area contributed by atoms with Crippen LogP contribution in [0.25, 0.3) is 0 Å². The maximum Gasteiger partial charge on any atom is 0.362 e. The first kappa shape index (κ1) is 7.03. The van der Waals surface area contributed by atoms with E-state index in [2.05, 4.69) is 4.43 Å². The van der Waals surface area contributed by atoms with Gasteiger partial charge in [0.15, 0.2) is 0 Å². The molecule has 0 aliphatic carbocycles. The molecule has 0 atom stereocenters. The third-order valence-corrected chi connectivity index (χ3v) is 0.888. The predicted octanol–water partition coefficient (Wildman–Crippen LogP) is -1.23. The van der Waals surface area contributed by atoms with Crippen LogP contribution in [0, 0.1) is 0 Å². The van der Waals surface area contributed by atoms with Crippen molar-refractivity contribution in [3.05, 3.63) is 12.0 Å². The quantitative estimate of drug-likeness (QED) is 0.267. The molecule has 0 fully saturated rings. The summed E-state index contributed by atoms with van der Waals surface area (Å²) >= 11 is 0. The first-order chi connectivity index (χ1) is 3.72. The zero-order chi connectivity index (χ0) is 6.57. The number of hydrogen-bond donors (Lipinski definition) is 2. The van der Waals surface area contributed by atoms with E-state index in [1.165, 1.54) is 0 Å². The Morgan fingerprint density at radius 2 is 2.25 bits per heavy atom. The van der Waals surface area contributed by atoms with Crippen molar-refractivity contribution < 1.29 is 19.4 Å². The monoisotopic (exact) mass is 134 g/mol. The molecule has 0 rings (SSSR count). The van der Waals surface area contributed by atoms with Crippen LogP contribution in [0.15, 0.2) is 12.0 Å². The van der Waals surface area contributed by atoms with Gasteiger partial charge in [-0.1, -0.05) is 0 Å². The Bertz CT molecular complexity index is 118. The minimum atomic E-state index is -0.890. The summed E-state index contributed by atoms with van der Waals surface area (Å²) in [5, 5.41) is 16.2. The highest BCUT2D eigenvalue weighted by Gasteiger charge is 2.03. The van der Waals surface area contributed by atoms with E-state index in [1.807, 2.05) is 0 Å². The molecule has 0 radical (unpaired) electrons. The van der Waals surface area contributed by atoms with E-state index in [1.54, 1.807) is 0 Å². The summed E-state index contributed by atoms with van der Waals surface area (Å²) in [6, 6.07) is 0. The Hall–Kier alpha value is -0.973. The zero-order valence-corrected chi connectivity index (χ0v) is 6.29. The van der Waals surface area contributed by atoms with Crippen molar-refractivity contribution in [2.24, 2.45) is 0 Å². The largest absolute Gasteiger partial charge is 0.523 e. The van der Waals surface area contributed by atoms with E-state index in [0.717, 1.165) is 0 Å². The Balaban J connectivity index is 3.83. The van der Waals surface area contributed by atoms with Crippen LogP contribution in [0.5, 0.6) is 0 Å². The first-order valence-corrected chi connectivity index (χ1v) is 2.65. The average Bonchev–Trinajstić information content (AvgIpc) is 1.84. The molecule has 0 heterocycles. The molecule has 0 saturated heterocycles. The van der Waals surface area contributed by atoms with Crippen molar-refractivity contribution in [2.45, 2.75) is 0 Å². The zero-order valence-electron chi connectivity index (χ0n) is 4.29. The van der Waals surface area contributed by atoms with Gasteiger partial charge in [-0.15, -0.1) is 0 Å². The van der Waals surface area contributed by atoms with Crippen molar-refractivity contribution in [1.29, 1.82) is 0 Å². The molecule has 2 N–H and O–H groups in total. The fourth-order valence-electron chi connectivity index (χ4n) is 0.157. The summed E-state index contributed by atoms with van der Waals surface area (Å²) in [5.74, 6) is -1.65. The van der Waals surface area contributed by atoms with Gasteiger partial charge < -0.3 is 14.6 Å². The maximum atomic E-state index is 10.1. The molecule has 0 aliphatic heterocycles. The molecule has 46 valence electrons. The highest BCUT2D eigenvalue weighted by molar-refractivity contribution is 6.08. The van der Waals surface area contributed by atoms with E-state index in [-0.39, 0.29) is 10.5 Å². The second kappa shape index (κ2) is 3.08. The van der Waals surface area contributed by atoms with Gasteiger partial charge in [0, 0.05) is 0 Å². The van der Waals surface area contributed by atoms with E-state index in [0.29, 0.717) is 6.26 Å². The van der Waals surface area contributed by atoms with Crippen LogP contribution in [0.2, 0.25) is 0 Å². The minimum absolute atomic E-state index is 0.214. The number of aliphatic hydroxyl groups excluding tert-OH is 2. The van der Waals surface area contributed by atoms with Gasteiger partial charge in [-0.25, -0.2) is 4.79 Å². The molecule has 0 aromatic heterocycles. The Labute approximate surface area is 48.9 Å². The summed E-state index contributed by atoms with van der Waals surface area (Å²) in [5.41, 5.74) is 0. The standard InChI is InChI=1S/C3H6O4Si/c4-1-2(5)3(6)7-8/h1,4-5H,8H3. The van der Waals surface area contributed by atoms with Crippen molar-refractivity contribution >= 4 is 16.5 Å². The van der Waals surface area contributed by atoms with Crippen LogP contribution in [0.4, 0.5) is 0 Å². The lowest BCUT2D eigenvalue weighted by atomic mass is 10.6. The molecule has 0 amide bonds. The predicted molar refractivity (Wildman–Crippen MR) is 29.4 cm³/mol. The van der Waals surface area contributed by atoms with Crippen molar-refractivity contribution in [3.63, 3.8) is 0 Å². The Morgan fingerprint density at radius 3 is 2.38 bits per heavy atom. The lowest BCUT2D eigenvalue weighted by Gasteiger charge is -1.92. The topological polar surface area (TPSA) is 66.8 Å². The van der Waals surface area contributed by atoms with Crippen LogP contribution >= 0.6 is 0 Å². The van der Waals surface area contributed by atoms with Gasteiger partial charge in [0.05, 0.1) is 0 Å². The number of hydrogen-bond acceptors (Lipinski definition) is 4. The molecule has 5 heteroatoms. The van der Waals surface area contributed by atoms with Gasteiger partial charge in [-0.3, -0.25) is 0 Å². The third kappa shape index (κ3) is 1.65. The molecular weight excluding hydrogens is 128 g/mol. The molecule has 0 aromatic carbocycles. The fourth-order valence-corrected chi connectivity index (χ4v) is 0.366. The number of carbonyl (C=O) groups excluding carboxylic acids is 1. The fraction of sp³-hybridized carbons (Fsp3) is 0. The summed E-state index contributed by atoms with van der Waals surface area (Å²) in [7, 11) is 0.214. The summed E-state index contributed by atoms with van der Waals surface area (Å²) in [4.78, 5) is 10.1. The lowest BCUT2D eigenvalue weighted by Crippen LogP contribution is -2.04. The Kier molecular flexibility index (Phi) is 2.71. The average molecular weight is 134 g/mol. The van der Waals surface area contributed by atoms with Gasteiger partial charge >= 0.3 is 5.97 Å². The van der Waals surface area contributed by atoms with Crippen LogP contribution in [-0.4, -0.2) is 26.7 Å². The first-order valence-electron chi connectivity index (χ1n) is 1.84. The molecule has 0 unspecified atom stereocenters. The highest BCUT2D eigenvalue weighted by atomic mass is 28.2. The molecule has 4 nitrogen and oxygen atoms in total. The van der Waals surface area contributed by atoms with Crippen molar-refractivity contribution in [2.75, 3.05) is 0 Å². The molecule has 0 spiro atoms. The number of aliphatic hydroxyl groups is 2. The van der Waals surface area contributed by atoms with Gasteiger partial charge in [-0.05, 0) is 0 Å². The lowest BCUT2D eigenvalue weighted by molar-refractivity contribution is -0.132. The minimum Gasteiger partial charge on any atom is -0.523 e. The number of carbonyl (C=O) groups is 1. The van der Waals surface area contributed by atoms with Crippen molar-refractivity contribution in [3.8, 4) is 0 Å². The molecule has 8 heavy (non-hydrogen) atoms. The highest BCUT2D eigenvalue weighted by Crippen LogP contribution is 1.86. The Morgan fingerprint density at radius 1 is 1.75 bits per heavy atom. The van der Waals surface area contributed by atoms with Crippen LogP contribution in [-0.2, 0) is 9.22 Å². The van der Waals surface area contributed by atoms with Gasteiger partial charge in [0.25, 0.3) is 0 Å². The molecule has 0 bridgehead atoms. The normalized spacial score (nSPS) is 11.2. The molecule has 0 aromatic rings. The third-order valence-electron chi connectivity index (χ3n) is 0.517. The summed E-state index contributed by atoms with van der Waals surface area (Å²) in [6.45, 7) is 0. The molecular formula is C3H6O4Si. The summed E-state index contributed by atoms with van der Waals surface area (Å²) < 4.78 is 4.12. The van der Waals surface area contributed by atoms with E-state index < -0.39 is 11.7 Å². The van der Waals surface area contributed by atoms with Crippen molar-refractivity contribution in [1.82, 2.24) is 0 Å².